The van der Waals surface area contributed by atoms with Crippen LogP contribution in [0.3, 0.4) is 0 Å². The highest BCUT2D eigenvalue weighted by molar-refractivity contribution is 6.14. The fourth-order valence-electron chi connectivity index (χ4n) is 5.62. The SMILES string of the molecule is c1ccc(-n2c3ccccc3c3cc(-c4nc5c6c(cccc6n4)-c4ccccc4-5)ccc32)cc1. The van der Waals surface area contributed by atoms with E-state index in [1.807, 2.05) is 0 Å². The first-order valence-corrected chi connectivity index (χ1v) is 11.9. The quantitative estimate of drug-likeness (QED) is 0.269. The molecule has 0 saturated carbocycles. The summed E-state index contributed by atoms with van der Waals surface area (Å²) in [7, 11) is 0. The molecular weight excluding hydrogens is 426 g/mol. The van der Waals surface area contributed by atoms with Gasteiger partial charge in [0.2, 0.25) is 0 Å². The van der Waals surface area contributed by atoms with E-state index >= 15 is 0 Å². The molecule has 2 heterocycles. The Balaban J connectivity index is 1.40. The smallest absolute Gasteiger partial charge is 0.160 e. The fraction of sp³-hybridized carbons (Fsp3) is 0. The van der Waals surface area contributed by atoms with E-state index in [9.17, 15) is 0 Å². The van der Waals surface area contributed by atoms with Gasteiger partial charge < -0.3 is 4.57 Å². The van der Waals surface area contributed by atoms with E-state index in [0.29, 0.717) is 0 Å². The molecule has 3 heteroatoms. The number of para-hydroxylation sites is 2. The highest BCUT2D eigenvalue weighted by Crippen LogP contribution is 2.46. The van der Waals surface area contributed by atoms with Crippen molar-refractivity contribution in [2.75, 3.05) is 0 Å². The standard InChI is InChI=1S/C32H19N3/c1-2-9-21(10-3-1)35-28-16-7-6-12-23(28)26-19-20(17-18-29(26)35)32-33-27-15-8-14-24-22-11-4-5-13-25(22)31(34-32)30(24)27/h1-19H. The molecule has 0 bridgehead atoms. The summed E-state index contributed by atoms with van der Waals surface area (Å²) in [6.07, 6.45) is 0. The van der Waals surface area contributed by atoms with E-state index in [2.05, 4.69) is 120 Å². The van der Waals surface area contributed by atoms with Gasteiger partial charge in [-0.1, -0.05) is 72.8 Å². The number of aromatic nitrogens is 3. The molecule has 1 aliphatic rings. The van der Waals surface area contributed by atoms with Crippen LogP contribution in [0.4, 0.5) is 0 Å². The Hall–Kier alpha value is -4.76. The molecule has 0 atom stereocenters. The second-order valence-corrected chi connectivity index (χ2v) is 9.06. The van der Waals surface area contributed by atoms with Gasteiger partial charge in [-0.25, -0.2) is 9.97 Å². The van der Waals surface area contributed by atoms with Gasteiger partial charge in [0.1, 0.15) is 0 Å². The Morgan fingerprint density at radius 3 is 2.17 bits per heavy atom. The Morgan fingerprint density at radius 2 is 1.26 bits per heavy atom. The summed E-state index contributed by atoms with van der Waals surface area (Å²) in [5.41, 5.74) is 10.2. The van der Waals surface area contributed by atoms with Gasteiger partial charge in [0.05, 0.1) is 22.2 Å². The monoisotopic (exact) mass is 445 g/mol. The third kappa shape index (κ3) is 2.55. The molecule has 162 valence electrons. The molecule has 0 aliphatic heterocycles. The second-order valence-electron chi connectivity index (χ2n) is 9.06. The maximum absolute atomic E-state index is 5.12. The third-order valence-electron chi connectivity index (χ3n) is 7.14. The molecule has 0 amide bonds. The molecule has 0 N–H and O–H groups in total. The number of hydrogen-bond donors (Lipinski definition) is 0. The molecule has 0 radical (unpaired) electrons. The van der Waals surface area contributed by atoms with Crippen LogP contribution in [0.15, 0.2) is 115 Å². The lowest BCUT2D eigenvalue weighted by atomic mass is 10.1. The molecule has 35 heavy (non-hydrogen) atoms. The molecule has 3 nitrogen and oxygen atoms in total. The lowest BCUT2D eigenvalue weighted by Crippen LogP contribution is -1.94. The lowest BCUT2D eigenvalue weighted by molar-refractivity contribution is 1.18. The Kier molecular flexibility index (Phi) is 3.66. The predicted molar refractivity (Wildman–Crippen MR) is 144 cm³/mol. The molecule has 0 unspecified atom stereocenters. The van der Waals surface area contributed by atoms with Crippen molar-refractivity contribution in [3.05, 3.63) is 115 Å². The van der Waals surface area contributed by atoms with E-state index in [-0.39, 0.29) is 0 Å². The second kappa shape index (κ2) is 6.87. The van der Waals surface area contributed by atoms with Crippen LogP contribution in [0.1, 0.15) is 0 Å². The largest absolute Gasteiger partial charge is 0.309 e. The number of rotatable bonds is 2. The molecule has 8 rings (SSSR count). The van der Waals surface area contributed by atoms with Gasteiger partial charge in [-0.3, -0.25) is 0 Å². The summed E-state index contributed by atoms with van der Waals surface area (Å²) < 4.78 is 2.33. The molecule has 5 aromatic carbocycles. The first-order chi connectivity index (χ1) is 17.4. The van der Waals surface area contributed by atoms with Crippen LogP contribution < -0.4 is 0 Å². The van der Waals surface area contributed by atoms with Crippen LogP contribution in [0.25, 0.3) is 72.2 Å². The van der Waals surface area contributed by atoms with Gasteiger partial charge in [0.15, 0.2) is 5.82 Å². The van der Waals surface area contributed by atoms with Gasteiger partial charge in [0.25, 0.3) is 0 Å². The maximum atomic E-state index is 5.12. The lowest BCUT2D eigenvalue weighted by Gasteiger charge is -2.08. The summed E-state index contributed by atoms with van der Waals surface area (Å²) >= 11 is 0. The maximum Gasteiger partial charge on any atom is 0.160 e. The Morgan fingerprint density at radius 1 is 0.514 bits per heavy atom. The van der Waals surface area contributed by atoms with E-state index in [0.717, 1.165) is 33.7 Å². The van der Waals surface area contributed by atoms with E-state index in [1.165, 1.54) is 38.5 Å². The first kappa shape index (κ1) is 18.6. The predicted octanol–water partition coefficient (Wildman–Crippen LogP) is 8.04. The van der Waals surface area contributed by atoms with E-state index < -0.39 is 0 Å². The number of nitrogens with zero attached hydrogens (tertiary/aromatic N) is 3. The van der Waals surface area contributed by atoms with E-state index in [4.69, 9.17) is 9.97 Å². The Labute approximate surface area is 202 Å². The zero-order valence-electron chi connectivity index (χ0n) is 18.8. The minimum absolute atomic E-state index is 0.764. The van der Waals surface area contributed by atoms with Crippen LogP contribution in [-0.2, 0) is 0 Å². The van der Waals surface area contributed by atoms with Crippen LogP contribution in [0.2, 0.25) is 0 Å². The normalized spacial score (nSPS) is 12.0. The third-order valence-corrected chi connectivity index (χ3v) is 7.14. The summed E-state index contributed by atoms with van der Waals surface area (Å²) in [5, 5.41) is 3.58. The number of benzene rings is 5. The summed E-state index contributed by atoms with van der Waals surface area (Å²) in [6, 6.07) is 40.6. The van der Waals surface area contributed by atoms with Gasteiger partial charge >= 0.3 is 0 Å². The highest BCUT2D eigenvalue weighted by Gasteiger charge is 2.24. The van der Waals surface area contributed by atoms with Crippen molar-refractivity contribution in [2.45, 2.75) is 0 Å². The molecule has 0 spiro atoms. The molecule has 7 aromatic rings. The van der Waals surface area contributed by atoms with Crippen molar-refractivity contribution in [3.8, 4) is 39.5 Å². The molecule has 0 saturated heterocycles. The van der Waals surface area contributed by atoms with Crippen molar-refractivity contribution < 1.29 is 0 Å². The fourth-order valence-corrected chi connectivity index (χ4v) is 5.62. The molecular formula is C32H19N3. The van der Waals surface area contributed by atoms with Gasteiger partial charge in [-0.2, -0.15) is 0 Å². The Bertz CT molecular complexity index is 1950. The summed E-state index contributed by atoms with van der Waals surface area (Å²) in [6.45, 7) is 0. The van der Waals surface area contributed by atoms with Crippen LogP contribution in [0.5, 0.6) is 0 Å². The van der Waals surface area contributed by atoms with Crippen molar-refractivity contribution in [2.24, 2.45) is 0 Å². The van der Waals surface area contributed by atoms with Gasteiger partial charge in [0, 0.05) is 33.0 Å². The van der Waals surface area contributed by atoms with Crippen molar-refractivity contribution in [3.63, 3.8) is 0 Å². The van der Waals surface area contributed by atoms with Crippen molar-refractivity contribution in [1.82, 2.24) is 14.5 Å². The first-order valence-electron chi connectivity index (χ1n) is 11.9. The van der Waals surface area contributed by atoms with Crippen molar-refractivity contribution >= 4 is 32.7 Å². The van der Waals surface area contributed by atoms with Crippen LogP contribution >= 0.6 is 0 Å². The minimum atomic E-state index is 0.764. The molecule has 1 aliphatic carbocycles. The van der Waals surface area contributed by atoms with Gasteiger partial charge in [-0.15, -0.1) is 0 Å². The molecule has 0 fully saturated rings. The van der Waals surface area contributed by atoms with Crippen molar-refractivity contribution in [1.29, 1.82) is 0 Å². The highest BCUT2D eigenvalue weighted by atomic mass is 15.0. The van der Waals surface area contributed by atoms with Gasteiger partial charge in [-0.05, 0) is 53.6 Å². The summed E-state index contributed by atoms with van der Waals surface area (Å²) in [4.78, 5) is 10.1. The minimum Gasteiger partial charge on any atom is -0.309 e. The number of fused-ring (bicyclic) bond motifs is 6. The average molecular weight is 446 g/mol. The van der Waals surface area contributed by atoms with Crippen LogP contribution in [-0.4, -0.2) is 14.5 Å². The van der Waals surface area contributed by atoms with Crippen LogP contribution in [0, 0.1) is 0 Å². The molecule has 2 aromatic heterocycles. The van der Waals surface area contributed by atoms with E-state index in [1.54, 1.807) is 0 Å². The zero-order valence-corrected chi connectivity index (χ0v) is 18.8. The number of hydrogen-bond acceptors (Lipinski definition) is 2. The summed E-state index contributed by atoms with van der Waals surface area (Å²) in [5.74, 6) is 0.764. The topological polar surface area (TPSA) is 30.7 Å². The average Bonchev–Trinajstić information content (AvgIpc) is 3.43. The zero-order chi connectivity index (χ0) is 22.9.